The van der Waals surface area contributed by atoms with E-state index < -0.39 is 0 Å². The molecule has 0 atom stereocenters. The third-order valence-electron chi connectivity index (χ3n) is 6.92. The van der Waals surface area contributed by atoms with Gasteiger partial charge in [-0.05, 0) is 46.4 Å². The molecule has 4 nitrogen and oxygen atoms in total. The summed E-state index contributed by atoms with van der Waals surface area (Å²) >= 11 is 0. The summed E-state index contributed by atoms with van der Waals surface area (Å²) in [5.41, 5.74) is 6.53. The van der Waals surface area contributed by atoms with Gasteiger partial charge in [0.25, 0.3) is 0 Å². The molecule has 0 saturated heterocycles. The fraction of sp³-hybridized carbons (Fsp3) is 0.0526. The second-order valence-electron chi connectivity index (χ2n) is 9.64. The molecular formula is C38H30N4. The molecule has 0 N–H and O–H groups in total. The van der Waals surface area contributed by atoms with Gasteiger partial charge < -0.3 is 0 Å². The molecule has 5 rings (SSSR count). The summed E-state index contributed by atoms with van der Waals surface area (Å²) < 4.78 is 0. The smallest absolute Gasteiger partial charge is 0.186 e. The Labute approximate surface area is 247 Å². The van der Waals surface area contributed by atoms with Crippen LogP contribution in [0.15, 0.2) is 141 Å². The Morgan fingerprint density at radius 2 is 1.64 bits per heavy atom. The quantitative estimate of drug-likeness (QED) is 0.156. The van der Waals surface area contributed by atoms with E-state index in [2.05, 4.69) is 103 Å². The van der Waals surface area contributed by atoms with Crippen LogP contribution in [0.5, 0.6) is 0 Å². The van der Waals surface area contributed by atoms with Crippen molar-refractivity contribution >= 4 is 28.0 Å². The molecule has 4 aromatic rings. The summed E-state index contributed by atoms with van der Waals surface area (Å²) in [5.74, 6) is 1.83. The second-order valence-corrected chi connectivity index (χ2v) is 9.64. The van der Waals surface area contributed by atoms with E-state index >= 15 is 0 Å². The Morgan fingerprint density at radius 3 is 2.36 bits per heavy atom. The Hall–Kier alpha value is -5.66. The van der Waals surface area contributed by atoms with E-state index in [4.69, 9.17) is 21.5 Å². The van der Waals surface area contributed by atoms with Crippen LogP contribution in [-0.4, -0.2) is 15.0 Å². The summed E-state index contributed by atoms with van der Waals surface area (Å²) in [7, 11) is 0. The van der Waals surface area contributed by atoms with Gasteiger partial charge in [-0.25, -0.2) is 19.8 Å². The minimum absolute atomic E-state index is 0.514. The van der Waals surface area contributed by atoms with Crippen LogP contribution < -0.4 is 0 Å². The van der Waals surface area contributed by atoms with Crippen molar-refractivity contribution in [3.8, 4) is 22.5 Å². The number of benzene rings is 3. The molecule has 0 aliphatic heterocycles. The van der Waals surface area contributed by atoms with Crippen LogP contribution in [0.25, 0.3) is 55.4 Å². The van der Waals surface area contributed by atoms with Gasteiger partial charge in [0.1, 0.15) is 0 Å². The summed E-state index contributed by atoms with van der Waals surface area (Å²) in [6.07, 6.45) is 20.9. The van der Waals surface area contributed by atoms with Crippen molar-refractivity contribution in [2.75, 3.05) is 0 Å². The third-order valence-corrected chi connectivity index (χ3v) is 6.92. The number of hydrogen-bond donors (Lipinski definition) is 0. The largest absolute Gasteiger partial charge is 0.238 e. The number of fused-ring (bicyclic) bond motifs is 1. The molecule has 0 amide bonds. The van der Waals surface area contributed by atoms with Gasteiger partial charge in [0.05, 0.1) is 6.57 Å². The molecule has 202 valence electrons. The first-order valence-electron chi connectivity index (χ1n) is 13.7. The van der Waals surface area contributed by atoms with Crippen molar-refractivity contribution in [2.45, 2.75) is 12.8 Å². The molecule has 42 heavy (non-hydrogen) atoms. The number of rotatable bonds is 9. The molecule has 1 aromatic heterocycles. The molecule has 1 aliphatic rings. The van der Waals surface area contributed by atoms with Gasteiger partial charge in [-0.2, -0.15) is 0 Å². The van der Waals surface area contributed by atoms with Crippen LogP contribution in [-0.2, 0) is 0 Å². The van der Waals surface area contributed by atoms with Crippen LogP contribution >= 0.6 is 0 Å². The first-order chi connectivity index (χ1) is 20.6. The molecule has 1 heterocycles. The first-order valence-corrected chi connectivity index (χ1v) is 13.7. The Balaban J connectivity index is 1.50. The van der Waals surface area contributed by atoms with Gasteiger partial charge in [0.15, 0.2) is 23.2 Å². The van der Waals surface area contributed by atoms with E-state index in [0.717, 1.165) is 57.0 Å². The van der Waals surface area contributed by atoms with E-state index in [9.17, 15) is 0 Å². The molecule has 0 unspecified atom stereocenters. The lowest BCUT2D eigenvalue weighted by atomic mass is 9.96. The average molecular weight is 543 g/mol. The highest BCUT2D eigenvalue weighted by molar-refractivity contribution is 5.97. The molecule has 0 spiro atoms. The van der Waals surface area contributed by atoms with E-state index in [1.807, 2.05) is 18.2 Å². The van der Waals surface area contributed by atoms with Crippen LogP contribution in [0.4, 0.5) is 0 Å². The van der Waals surface area contributed by atoms with E-state index in [1.54, 1.807) is 24.3 Å². The maximum atomic E-state index is 7.15. The highest BCUT2D eigenvalue weighted by atomic mass is 15.0. The maximum Gasteiger partial charge on any atom is 0.186 e. The Kier molecular flexibility index (Phi) is 8.72. The zero-order valence-corrected chi connectivity index (χ0v) is 23.4. The van der Waals surface area contributed by atoms with Gasteiger partial charge in [-0.1, -0.05) is 129 Å². The van der Waals surface area contributed by atoms with Crippen LogP contribution in [0.3, 0.4) is 0 Å². The lowest BCUT2D eigenvalue weighted by Gasteiger charge is -2.12. The lowest BCUT2D eigenvalue weighted by molar-refractivity contribution is 0.985. The van der Waals surface area contributed by atoms with Crippen molar-refractivity contribution in [3.63, 3.8) is 0 Å². The van der Waals surface area contributed by atoms with Crippen molar-refractivity contribution in [2.24, 2.45) is 0 Å². The van der Waals surface area contributed by atoms with Gasteiger partial charge in [0, 0.05) is 16.7 Å². The highest BCUT2D eigenvalue weighted by Gasteiger charge is 2.14. The molecule has 4 heteroatoms. The summed E-state index contributed by atoms with van der Waals surface area (Å²) in [6.45, 7) is 18.6. The molecular weight excluding hydrogens is 512 g/mol. The lowest BCUT2D eigenvalue weighted by Crippen LogP contribution is -2.04. The van der Waals surface area contributed by atoms with Gasteiger partial charge >= 0.3 is 0 Å². The average Bonchev–Trinajstić information content (AvgIpc) is 3.05. The second kappa shape index (κ2) is 13.1. The summed E-state index contributed by atoms with van der Waals surface area (Å²) in [4.78, 5) is 17.8. The number of aromatic nitrogens is 3. The zero-order chi connectivity index (χ0) is 29.3. The van der Waals surface area contributed by atoms with Gasteiger partial charge in [0.2, 0.25) is 0 Å². The monoisotopic (exact) mass is 542 g/mol. The standard InChI is InChI=1S/C38H30N4/c1-5-13-28(6-2)36-40-37(30-15-9-8-10-16-30)42-38(41-36)31-23-21-29(22-24-31)34-19-12-17-32-26-27(20-25-35(32)34)14-11-18-33(7-3)39-4/h5-7,9,11-26H,1-3,8,10H2/b14-11+,28-13+,33-18+. The predicted octanol–water partition coefficient (Wildman–Crippen LogP) is 9.85. The van der Waals surface area contributed by atoms with Crippen LogP contribution in [0.2, 0.25) is 0 Å². The Morgan fingerprint density at radius 1 is 0.833 bits per heavy atom. The van der Waals surface area contributed by atoms with Gasteiger partial charge in [-0.15, -0.1) is 6.58 Å². The fourth-order valence-corrected chi connectivity index (χ4v) is 4.77. The third kappa shape index (κ3) is 6.22. The fourth-order valence-electron chi connectivity index (χ4n) is 4.77. The molecule has 3 aromatic carbocycles. The SMILES string of the molecule is [C-]#[N+]/C(C=C)=C/C=C/c1ccc2c(-c3ccc(-c4nc(C5=CCCC=C5)nc(/C(C=C)=C/C=C)n4)cc3)cccc2c1. The van der Waals surface area contributed by atoms with E-state index in [1.165, 1.54) is 0 Å². The normalized spacial score (nSPS) is 13.5. The van der Waals surface area contributed by atoms with Crippen LogP contribution in [0, 0.1) is 6.57 Å². The summed E-state index contributed by atoms with van der Waals surface area (Å²) in [6, 6.07) is 21.1. The number of hydrogen-bond acceptors (Lipinski definition) is 3. The zero-order valence-electron chi connectivity index (χ0n) is 23.4. The highest BCUT2D eigenvalue weighted by Crippen LogP contribution is 2.31. The minimum atomic E-state index is 0.514. The number of allylic oxidation sites excluding steroid dienone is 11. The molecule has 0 radical (unpaired) electrons. The molecule has 0 fully saturated rings. The van der Waals surface area contributed by atoms with E-state index in [-0.39, 0.29) is 0 Å². The molecule has 0 bridgehead atoms. The molecule has 1 aliphatic carbocycles. The predicted molar refractivity (Wildman–Crippen MR) is 177 cm³/mol. The van der Waals surface area contributed by atoms with Crippen molar-refractivity contribution in [1.82, 2.24) is 15.0 Å². The first kappa shape index (κ1) is 27.9. The van der Waals surface area contributed by atoms with Crippen molar-refractivity contribution in [3.05, 3.63) is 169 Å². The maximum absolute atomic E-state index is 7.15. The number of nitrogens with zero attached hydrogens (tertiary/aromatic N) is 4. The minimum Gasteiger partial charge on any atom is -0.238 e. The molecule has 0 saturated carbocycles. The van der Waals surface area contributed by atoms with Crippen LogP contribution in [0.1, 0.15) is 30.1 Å². The van der Waals surface area contributed by atoms with Crippen molar-refractivity contribution < 1.29 is 0 Å². The van der Waals surface area contributed by atoms with Crippen molar-refractivity contribution in [1.29, 1.82) is 0 Å². The van der Waals surface area contributed by atoms with E-state index in [0.29, 0.717) is 23.2 Å². The Bertz CT molecular complexity index is 1870. The topological polar surface area (TPSA) is 43.0 Å². The summed E-state index contributed by atoms with van der Waals surface area (Å²) in [5, 5.41) is 2.31. The van der Waals surface area contributed by atoms with Gasteiger partial charge in [-0.3, -0.25) is 0 Å².